The number of nitrogens with one attached hydrogen (secondary N) is 1. The van der Waals surface area contributed by atoms with Crippen molar-refractivity contribution in [3.63, 3.8) is 0 Å². The zero-order valence-electron chi connectivity index (χ0n) is 14.7. The highest BCUT2D eigenvalue weighted by Gasteiger charge is 2.26. The normalized spacial score (nSPS) is 23.1. The first kappa shape index (κ1) is 16.8. The van der Waals surface area contributed by atoms with E-state index in [4.69, 9.17) is 4.74 Å². The zero-order chi connectivity index (χ0) is 17.1. The van der Waals surface area contributed by atoms with Crippen LogP contribution in [0.15, 0.2) is 35.1 Å². The number of aromatic nitrogens is 1. The van der Waals surface area contributed by atoms with Gasteiger partial charge >= 0.3 is 0 Å². The molecule has 1 aromatic heterocycles. The number of para-hydroxylation sites is 1. The molecule has 0 aliphatic carbocycles. The quantitative estimate of drug-likeness (QED) is 0.926. The molecular formula is C20H27N3O2. The minimum absolute atomic E-state index is 0.0504. The van der Waals surface area contributed by atoms with Crippen molar-refractivity contribution in [3.05, 3.63) is 46.2 Å². The number of aromatic amines is 1. The van der Waals surface area contributed by atoms with Gasteiger partial charge in [0.25, 0.3) is 5.56 Å². The van der Waals surface area contributed by atoms with Crippen molar-refractivity contribution in [3.8, 4) is 0 Å². The molecule has 0 unspecified atom stereocenters. The number of piperidine rings is 1. The van der Waals surface area contributed by atoms with Crippen LogP contribution in [-0.2, 0) is 11.3 Å². The Bertz CT molecular complexity index is 767. The number of fused-ring (bicyclic) bond motifs is 1. The van der Waals surface area contributed by atoms with Crippen molar-refractivity contribution < 1.29 is 4.74 Å². The third kappa shape index (κ3) is 3.94. The summed E-state index contributed by atoms with van der Waals surface area (Å²) in [5.41, 5.74) is 1.85. The number of H-pyrrole nitrogens is 1. The monoisotopic (exact) mass is 341 g/mol. The van der Waals surface area contributed by atoms with Gasteiger partial charge in [0.1, 0.15) is 0 Å². The first-order valence-corrected chi connectivity index (χ1v) is 9.45. The molecule has 2 saturated heterocycles. The molecule has 0 bridgehead atoms. The van der Waals surface area contributed by atoms with Gasteiger partial charge in [0, 0.05) is 43.3 Å². The van der Waals surface area contributed by atoms with E-state index in [1.54, 1.807) is 0 Å². The van der Waals surface area contributed by atoms with Gasteiger partial charge in [-0.2, -0.15) is 0 Å². The second kappa shape index (κ2) is 7.68. The fourth-order valence-electron chi connectivity index (χ4n) is 4.09. The van der Waals surface area contributed by atoms with Crippen LogP contribution in [0.25, 0.3) is 10.9 Å². The molecule has 0 amide bonds. The first-order chi connectivity index (χ1) is 12.3. The van der Waals surface area contributed by atoms with Gasteiger partial charge in [-0.15, -0.1) is 0 Å². The lowest BCUT2D eigenvalue weighted by Crippen LogP contribution is -2.49. The van der Waals surface area contributed by atoms with Crippen molar-refractivity contribution in [2.24, 2.45) is 0 Å². The summed E-state index contributed by atoms with van der Waals surface area (Å²) in [6.07, 6.45) is 3.74. The molecule has 0 radical (unpaired) electrons. The fourth-order valence-corrected chi connectivity index (χ4v) is 4.09. The Morgan fingerprint density at radius 2 is 1.96 bits per heavy atom. The van der Waals surface area contributed by atoms with Crippen LogP contribution < -0.4 is 5.56 Å². The smallest absolute Gasteiger partial charge is 0.252 e. The number of benzene rings is 1. The van der Waals surface area contributed by atoms with E-state index in [-0.39, 0.29) is 5.56 Å². The molecule has 3 heterocycles. The van der Waals surface area contributed by atoms with E-state index >= 15 is 0 Å². The minimum atomic E-state index is 0.0504. The predicted octanol–water partition coefficient (Wildman–Crippen LogP) is 2.21. The van der Waals surface area contributed by atoms with E-state index in [1.807, 2.05) is 18.2 Å². The third-order valence-corrected chi connectivity index (χ3v) is 5.53. The Labute approximate surface area is 148 Å². The lowest BCUT2D eigenvalue weighted by atomic mass is 10.0. The van der Waals surface area contributed by atoms with Crippen molar-refractivity contribution in [1.29, 1.82) is 0 Å². The SMILES string of the molecule is O=c1[nH]c2ccccc2cc1CN1CCCC[C@H]1CN1CCOCC1. The van der Waals surface area contributed by atoms with Crippen LogP contribution in [0.1, 0.15) is 24.8 Å². The molecule has 2 fully saturated rings. The highest BCUT2D eigenvalue weighted by Crippen LogP contribution is 2.21. The van der Waals surface area contributed by atoms with Crippen LogP contribution >= 0.6 is 0 Å². The zero-order valence-corrected chi connectivity index (χ0v) is 14.7. The van der Waals surface area contributed by atoms with Gasteiger partial charge in [0.05, 0.1) is 13.2 Å². The lowest BCUT2D eigenvalue weighted by molar-refractivity contribution is 0.0152. The molecule has 4 rings (SSSR count). The van der Waals surface area contributed by atoms with Gasteiger partial charge in [-0.25, -0.2) is 0 Å². The third-order valence-electron chi connectivity index (χ3n) is 5.53. The summed E-state index contributed by atoms with van der Waals surface area (Å²) in [5.74, 6) is 0. The van der Waals surface area contributed by atoms with E-state index < -0.39 is 0 Å². The second-order valence-electron chi connectivity index (χ2n) is 7.24. The Balaban J connectivity index is 1.51. The van der Waals surface area contributed by atoms with E-state index in [0.29, 0.717) is 6.04 Å². The molecule has 25 heavy (non-hydrogen) atoms. The van der Waals surface area contributed by atoms with Crippen LogP contribution in [0, 0.1) is 0 Å². The number of pyridine rings is 1. The predicted molar refractivity (Wildman–Crippen MR) is 99.9 cm³/mol. The van der Waals surface area contributed by atoms with Gasteiger partial charge < -0.3 is 9.72 Å². The number of hydrogen-bond acceptors (Lipinski definition) is 4. The van der Waals surface area contributed by atoms with Crippen molar-refractivity contribution in [2.75, 3.05) is 39.4 Å². The minimum Gasteiger partial charge on any atom is -0.379 e. The van der Waals surface area contributed by atoms with Gasteiger partial charge in [-0.1, -0.05) is 24.6 Å². The summed E-state index contributed by atoms with van der Waals surface area (Å²) >= 11 is 0. The maximum Gasteiger partial charge on any atom is 0.252 e. The molecule has 5 nitrogen and oxygen atoms in total. The van der Waals surface area contributed by atoms with E-state index in [1.165, 1.54) is 19.3 Å². The molecule has 2 aliphatic heterocycles. The maximum atomic E-state index is 12.5. The summed E-state index contributed by atoms with van der Waals surface area (Å²) in [6.45, 7) is 6.67. The largest absolute Gasteiger partial charge is 0.379 e. The van der Waals surface area contributed by atoms with Gasteiger partial charge in [-0.3, -0.25) is 14.6 Å². The second-order valence-corrected chi connectivity index (χ2v) is 7.24. The topological polar surface area (TPSA) is 48.6 Å². The molecule has 2 aromatic rings. The summed E-state index contributed by atoms with van der Waals surface area (Å²) in [7, 11) is 0. The summed E-state index contributed by atoms with van der Waals surface area (Å²) in [5, 5.41) is 1.11. The number of hydrogen-bond donors (Lipinski definition) is 1. The molecule has 0 saturated carbocycles. The molecule has 5 heteroatoms. The average molecular weight is 341 g/mol. The van der Waals surface area contributed by atoms with Crippen LogP contribution in [0.4, 0.5) is 0 Å². The highest BCUT2D eigenvalue weighted by molar-refractivity contribution is 5.78. The van der Waals surface area contributed by atoms with E-state index in [2.05, 4.69) is 26.9 Å². The number of likely N-dealkylation sites (tertiary alicyclic amines) is 1. The van der Waals surface area contributed by atoms with E-state index in [9.17, 15) is 4.79 Å². The average Bonchev–Trinajstić information content (AvgIpc) is 2.65. The molecule has 2 aliphatic rings. The van der Waals surface area contributed by atoms with Crippen molar-refractivity contribution in [2.45, 2.75) is 31.8 Å². The molecule has 1 aromatic carbocycles. The number of nitrogens with zero attached hydrogens (tertiary/aromatic N) is 2. The number of ether oxygens (including phenoxy) is 1. The van der Waals surface area contributed by atoms with Crippen molar-refractivity contribution >= 4 is 10.9 Å². The molecule has 134 valence electrons. The van der Waals surface area contributed by atoms with Crippen LogP contribution in [0.5, 0.6) is 0 Å². The standard InChI is InChI=1S/C20H27N3O2/c24-20-17(13-16-5-1-2-7-19(16)21-20)14-23-8-4-3-6-18(23)15-22-9-11-25-12-10-22/h1-2,5,7,13,18H,3-4,6,8-12,14-15H2,(H,21,24)/t18-/m0/s1. The maximum absolute atomic E-state index is 12.5. The van der Waals surface area contributed by atoms with E-state index in [0.717, 1.165) is 62.4 Å². The van der Waals surface area contributed by atoms with Gasteiger partial charge in [0.2, 0.25) is 0 Å². The molecule has 0 spiro atoms. The first-order valence-electron chi connectivity index (χ1n) is 9.45. The lowest BCUT2D eigenvalue weighted by Gasteiger charge is -2.39. The molecule has 1 atom stereocenters. The highest BCUT2D eigenvalue weighted by atomic mass is 16.5. The fraction of sp³-hybridized carbons (Fsp3) is 0.550. The van der Waals surface area contributed by atoms with Crippen LogP contribution in [-0.4, -0.2) is 60.2 Å². The Hall–Kier alpha value is -1.69. The summed E-state index contributed by atoms with van der Waals surface area (Å²) in [4.78, 5) is 20.6. The van der Waals surface area contributed by atoms with Crippen molar-refractivity contribution in [1.82, 2.24) is 14.8 Å². The summed E-state index contributed by atoms with van der Waals surface area (Å²) in [6, 6.07) is 10.6. The number of morpholine rings is 1. The number of rotatable bonds is 4. The van der Waals surface area contributed by atoms with Gasteiger partial charge in [-0.05, 0) is 36.9 Å². The van der Waals surface area contributed by atoms with Gasteiger partial charge in [0.15, 0.2) is 0 Å². The van der Waals surface area contributed by atoms with Crippen LogP contribution in [0.3, 0.4) is 0 Å². The molecule has 1 N–H and O–H groups in total. The van der Waals surface area contributed by atoms with Crippen LogP contribution in [0.2, 0.25) is 0 Å². The summed E-state index contributed by atoms with van der Waals surface area (Å²) < 4.78 is 5.47. The Morgan fingerprint density at radius 3 is 2.84 bits per heavy atom. The Morgan fingerprint density at radius 1 is 1.12 bits per heavy atom. The Kier molecular flexibility index (Phi) is 5.15. The molecular weight excluding hydrogens is 314 g/mol.